The molecule has 0 bridgehead atoms. The average Bonchev–Trinajstić information content (AvgIpc) is 2.96. The third-order valence-electron chi connectivity index (χ3n) is 3.94. The zero-order chi connectivity index (χ0) is 15.2. The molecular weight excluding hydrogens is 274 g/mol. The van der Waals surface area contributed by atoms with Crippen LogP contribution in [0.5, 0.6) is 0 Å². The van der Waals surface area contributed by atoms with E-state index in [-0.39, 0.29) is 19.1 Å². The molecule has 21 heavy (non-hydrogen) atoms. The van der Waals surface area contributed by atoms with Crippen LogP contribution in [0.2, 0.25) is 0 Å². The van der Waals surface area contributed by atoms with Crippen LogP contribution in [0.1, 0.15) is 6.42 Å². The normalized spacial score (nSPS) is 23.0. The van der Waals surface area contributed by atoms with E-state index in [1.54, 1.807) is 11.0 Å². The lowest BCUT2D eigenvalue weighted by Gasteiger charge is -2.32. The average molecular weight is 297 g/mol. The summed E-state index contributed by atoms with van der Waals surface area (Å²) in [7, 11) is 0. The Kier molecular flexibility index (Phi) is 5.58. The maximum atomic E-state index is 12.4. The van der Waals surface area contributed by atoms with Crippen molar-refractivity contribution in [3.8, 4) is 0 Å². The summed E-state index contributed by atoms with van der Waals surface area (Å²) in [6.45, 7) is 8.16. The highest BCUT2D eigenvalue weighted by Gasteiger charge is 2.33. The Morgan fingerprint density at radius 2 is 2.05 bits per heavy atom. The van der Waals surface area contributed by atoms with Crippen LogP contribution in [-0.2, 0) is 9.53 Å². The van der Waals surface area contributed by atoms with Gasteiger partial charge in [-0.1, -0.05) is 6.08 Å². The Bertz CT molecular complexity index is 396. The van der Waals surface area contributed by atoms with E-state index in [1.165, 1.54) is 4.90 Å². The highest BCUT2D eigenvalue weighted by atomic mass is 16.5. The molecule has 2 amide bonds. The van der Waals surface area contributed by atoms with Crippen LogP contribution in [-0.4, -0.2) is 90.3 Å². The van der Waals surface area contributed by atoms with Crippen LogP contribution < -0.4 is 0 Å². The fourth-order valence-corrected chi connectivity index (χ4v) is 2.89. The van der Waals surface area contributed by atoms with E-state index >= 15 is 0 Å². The van der Waals surface area contributed by atoms with Crippen LogP contribution >= 0.6 is 0 Å². The number of amides is 2. The molecule has 0 saturated carbocycles. The van der Waals surface area contributed by atoms with Gasteiger partial charge in [0.25, 0.3) is 0 Å². The number of carboxylic acids is 1. The number of hydrogen-bond donors (Lipinski definition) is 1. The Morgan fingerprint density at radius 1 is 1.33 bits per heavy atom. The number of likely N-dealkylation sites (tertiary alicyclic amines) is 1. The minimum Gasteiger partial charge on any atom is -0.480 e. The second-order valence-corrected chi connectivity index (χ2v) is 5.38. The summed E-state index contributed by atoms with van der Waals surface area (Å²) in [5, 5.41) is 8.89. The van der Waals surface area contributed by atoms with Crippen LogP contribution in [0.25, 0.3) is 0 Å². The summed E-state index contributed by atoms with van der Waals surface area (Å²) < 4.78 is 5.34. The van der Waals surface area contributed by atoms with E-state index in [1.807, 2.05) is 0 Å². The molecule has 118 valence electrons. The first-order valence-corrected chi connectivity index (χ1v) is 7.30. The minimum atomic E-state index is -1.01. The molecule has 1 N–H and O–H groups in total. The van der Waals surface area contributed by atoms with E-state index in [2.05, 4.69) is 11.5 Å². The number of rotatable bonds is 5. The van der Waals surface area contributed by atoms with Crippen molar-refractivity contribution in [1.29, 1.82) is 0 Å². The maximum absolute atomic E-state index is 12.4. The van der Waals surface area contributed by atoms with Crippen molar-refractivity contribution in [2.24, 2.45) is 0 Å². The molecule has 2 aliphatic heterocycles. The third kappa shape index (κ3) is 4.18. The Hall–Kier alpha value is -1.60. The van der Waals surface area contributed by atoms with E-state index in [0.717, 1.165) is 32.7 Å². The lowest BCUT2D eigenvalue weighted by Crippen LogP contribution is -2.48. The summed E-state index contributed by atoms with van der Waals surface area (Å²) in [6.07, 6.45) is 2.48. The Labute approximate surface area is 124 Å². The van der Waals surface area contributed by atoms with Gasteiger partial charge in [0.05, 0.1) is 13.2 Å². The number of morpholine rings is 1. The smallest absolute Gasteiger partial charge is 0.323 e. The van der Waals surface area contributed by atoms with Gasteiger partial charge in [0.15, 0.2) is 0 Å². The van der Waals surface area contributed by atoms with Gasteiger partial charge in [-0.05, 0) is 6.42 Å². The predicted octanol–water partition coefficient (Wildman–Crippen LogP) is 0.0855. The number of carbonyl (C=O) groups excluding carboxylic acids is 1. The van der Waals surface area contributed by atoms with Crippen molar-refractivity contribution in [3.63, 3.8) is 0 Å². The zero-order valence-electron chi connectivity index (χ0n) is 12.2. The van der Waals surface area contributed by atoms with Gasteiger partial charge in [-0.3, -0.25) is 9.69 Å². The van der Waals surface area contributed by atoms with Gasteiger partial charge in [-0.2, -0.15) is 0 Å². The quantitative estimate of drug-likeness (QED) is 0.728. The van der Waals surface area contributed by atoms with Crippen molar-refractivity contribution in [2.75, 3.05) is 52.5 Å². The molecule has 0 aromatic carbocycles. The van der Waals surface area contributed by atoms with E-state index in [0.29, 0.717) is 19.1 Å². The molecule has 2 rings (SSSR count). The third-order valence-corrected chi connectivity index (χ3v) is 3.94. The summed E-state index contributed by atoms with van der Waals surface area (Å²) in [5.74, 6) is -1.01. The molecule has 2 aliphatic rings. The Morgan fingerprint density at radius 3 is 2.67 bits per heavy atom. The second-order valence-electron chi connectivity index (χ2n) is 5.38. The van der Waals surface area contributed by atoms with Crippen molar-refractivity contribution < 1.29 is 19.4 Å². The van der Waals surface area contributed by atoms with Crippen molar-refractivity contribution in [3.05, 3.63) is 12.7 Å². The highest BCUT2D eigenvalue weighted by Crippen LogP contribution is 2.18. The van der Waals surface area contributed by atoms with Crippen LogP contribution in [0.15, 0.2) is 12.7 Å². The largest absolute Gasteiger partial charge is 0.480 e. The van der Waals surface area contributed by atoms with Crippen LogP contribution in [0.3, 0.4) is 0 Å². The SMILES string of the molecule is C=CCN(CC(=O)O)C(=O)N1CCC(N2CCOCC2)C1. The van der Waals surface area contributed by atoms with Gasteiger partial charge in [0.2, 0.25) is 0 Å². The van der Waals surface area contributed by atoms with Crippen molar-refractivity contribution >= 4 is 12.0 Å². The van der Waals surface area contributed by atoms with E-state index in [4.69, 9.17) is 9.84 Å². The molecule has 1 atom stereocenters. The first kappa shape index (κ1) is 15.8. The molecule has 0 aliphatic carbocycles. The van der Waals surface area contributed by atoms with Gasteiger partial charge in [0, 0.05) is 38.8 Å². The fraction of sp³-hybridized carbons (Fsp3) is 0.714. The molecule has 0 aromatic heterocycles. The molecular formula is C14H23N3O4. The molecule has 2 saturated heterocycles. The van der Waals surface area contributed by atoms with Crippen LogP contribution in [0.4, 0.5) is 4.79 Å². The molecule has 2 heterocycles. The minimum absolute atomic E-state index is 0.215. The lowest BCUT2D eigenvalue weighted by molar-refractivity contribution is -0.137. The van der Waals surface area contributed by atoms with Gasteiger partial charge in [-0.25, -0.2) is 4.79 Å². The maximum Gasteiger partial charge on any atom is 0.323 e. The monoisotopic (exact) mass is 297 g/mol. The number of ether oxygens (including phenoxy) is 1. The molecule has 0 aromatic rings. The molecule has 7 nitrogen and oxygen atoms in total. The molecule has 1 unspecified atom stereocenters. The Balaban J connectivity index is 1.90. The first-order chi connectivity index (χ1) is 10.1. The van der Waals surface area contributed by atoms with Gasteiger partial charge < -0.3 is 19.6 Å². The number of urea groups is 1. The molecule has 0 radical (unpaired) electrons. The number of carbonyl (C=O) groups is 2. The van der Waals surface area contributed by atoms with Gasteiger partial charge >= 0.3 is 12.0 Å². The lowest BCUT2D eigenvalue weighted by atomic mass is 10.2. The number of nitrogens with zero attached hydrogens (tertiary/aromatic N) is 3. The zero-order valence-corrected chi connectivity index (χ0v) is 12.2. The standard InChI is InChI=1S/C14H23N3O4/c1-2-4-16(11-13(18)19)14(20)17-5-3-12(10-17)15-6-8-21-9-7-15/h2,12H,1,3-11H2,(H,18,19). The van der Waals surface area contributed by atoms with Gasteiger partial charge in [0.1, 0.15) is 6.54 Å². The predicted molar refractivity (Wildman–Crippen MR) is 77.2 cm³/mol. The number of aliphatic carboxylic acids is 1. The summed E-state index contributed by atoms with van der Waals surface area (Å²) in [5.41, 5.74) is 0. The highest BCUT2D eigenvalue weighted by molar-refractivity contribution is 5.80. The fourth-order valence-electron chi connectivity index (χ4n) is 2.89. The first-order valence-electron chi connectivity index (χ1n) is 7.30. The van der Waals surface area contributed by atoms with Crippen LogP contribution in [0, 0.1) is 0 Å². The number of carboxylic acid groups (broad SMARTS) is 1. The van der Waals surface area contributed by atoms with Crippen molar-refractivity contribution in [1.82, 2.24) is 14.7 Å². The molecule has 7 heteroatoms. The summed E-state index contributed by atoms with van der Waals surface area (Å²) in [6, 6.07) is 0.140. The summed E-state index contributed by atoms with van der Waals surface area (Å²) in [4.78, 5) is 28.7. The number of hydrogen-bond acceptors (Lipinski definition) is 4. The summed E-state index contributed by atoms with van der Waals surface area (Å²) >= 11 is 0. The van der Waals surface area contributed by atoms with E-state index in [9.17, 15) is 9.59 Å². The van der Waals surface area contributed by atoms with Gasteiger partial charge in [-0.15, -0.1) is 6.58 Å². The molecule has 0 spiro atoms. The second kappa shape index (κ2) is 7.42. The van der Waals surface area contributed by atoms with Crippen molar-refractivity contribution in [2.45, 2.75) is 12.5 Å². The topological polar surface area (TPSA) is 73.3 Å². The molecule has 2 fully saturated rings. The van der Waals surface area contributed by atoms with E-state index < -0.39 is 5.97 Å².